The van der Waals surface area contributed by atoms with Crippen molar-refractivity contribution in [3.05, 3.63) is 72.6 Å². The summed E-state index contributed by atoms with van der Waals surface area (Å²) in [5.41, 5.74) is 3.05. The van der Waals surface area contributed by atoms with Crippen LogP contribution >= 0.6 is 0 Å². The molecule has 1 saturated heterocycles. The Labute approximate surface area is 149 Å². The third-order valence-electron chi connectivity index (χ3n) is 4.74. The second kappa shape index (κ2) is 8.47. The number of nitrogens with zero attached hydrogens (tertiary/aromatic N) is 2. The summed E-state index contributed by atoms with van der Waals surface area (Å²) in [6.45, 7) is 6.10. The van der Waals surface area contributed by atoms with Crippen LogP contribution in [-0.4, -0.2) is 30.5 Å². The third-order valence-corrected chi connectivity index (χ3v) is 4.74. The molecule has 2 heterocycles. The predicted molar refractivity (Wildman–Crippen MR) is 102 cm³/mol. The molecule has 25 heavy (non-hydrogen) atoms. The maximum absolute atomic E-state index is 12.1. The minimum atomic E-state index is -0.104. The number of benzene rings is 1. The number of amides is 1. The minimum Gasteiger partial charge on any atom is -0.370 e. The molecule has 1 N–H and O–H groups in total. The molecule has 0 radical (unpaired) electrons. The standard InChI is InChI=1S/C21H25N3O/c1-2-10-23-21(25)19-14-20(16-22-15-19)24-11-8-18(9-12-24)13-17-6-4-3-5-7-17/h2-7,14-16,18H,1,8-13H2,(H,23,25). The number of hydrogen-bond acceptors (Lipinski definition) is 3. The number of rotatable bonds is 6. The fourth-order valence-electron chi connectivity index (χ4n) is 3.33. The Morgan fingerprint density at radius 2 is 2.00 bits per heavy atom. The van der Waals surface area contributed by atoms with Crippen LogP contribution in [0.25, 0.3) is 0 Å². The Bertz CT molecular complexity index is 706. The molecule has 4 heteroatoms. The maximum Gasteiger partial charge on any atom is 0.253 e. The molecule has 2 aromatic rings. The maximum atomic E-state index is 12.1. The van der Waals surface area contributed by atoms with Crippen molar-refractivity contribution >= 4 is 11.6 Å². The van der Waals surface area contributed by atoms with Crippen LogP contribution in [0, 0.1) is 5.92 Å². The molecule has 0 unspecified atom stereocenters. The smallest absolute Gasteiger partial charge is 0.253 e. The van der Waals surface area contributed by atoms with E-state index < -0.39 is 0 Å². The third kappa shape index (κ3) is 4.69. The first kappa shape index (κ1) is 17.2. The first-order valence-corrected chi connectivity index (χ1v) is 8.89. The second-order valence-electron chi connectivity index (χ2n) is 6.55. The summed E-state index contributed by atoms with van der Waals surface area (Å²) in [7, 11) is 0. The summed E-state index contributed by atoms with van der Waals surface area (Å²) in [6.07, 6.45) is 8.62. The van der Waals surface area contributed by atoms with E-state index >= 15 is 0 Å². The lowest BCUT2D eigenvalue weighted by Crippen LogP contribution is -2.34. The van der Waals surface area contributed by atoms with Gasteiger partial charge in [0.1, 0.15) is 0 Å². The van der Waals surface area contributed by atoms with E-state index in [0.717, 1.165) is 31.1 Å². The van der Waals surface area contributed by atoms with E-state index in [2.05, 4.69) is 52.1 Å². The lowest BCUT2D eigenvalue weighted by atomic mass is 9.90. The molecule has 0 bridgehead atoms. The van der Waals surface area contributed by atoms with Crippen LogP contribution in [0.2, 0.25) is 0 Å². The molecular weight excluding hydrogens is 310 g/mol. The Morgan fingerprint density at radius 3 is 2.72 bits per heavy atom. The SMILES string of the molecule is C=CCNC(=O)c1cncc(N2CCC(Cc3ccccc3)CC2)c1. The van der Waals surface area contributed by atoms with Gasteiger partial charge in [-0.2, -0.15) is 0 Å². The molecule has 0 saturated carbocycles. The van der Waals surface area contributed by atoms with Gasteiger partial charge < -0.3 is 10.2 Å². The predicted octanol–water partition coefficient (Wildman–Crippen LogP) is 3.46. The zero-order chi connectivity index (χ0) is 17.5. The number of carbonyl (C=O) groups is 1. The highest BCUT2D eigenvalue weighted by molar-refractivity contribution is 5.94. The monoisotopic (exact) mass is 335 g/mol. The Hall–Kier alpha value is -2.62. The molecule has 1 fully saturated rings. The van der Waals surface area contributed by atoms with E-state index in [1.54, 1.807) is 12.3 Å². The number of pyridine rings is 1. The Kier molecular flexibility index (Phi) is 5.83. The molecule has 1 aliphatic heterocycles. The summed E-state index contributed by atoms with van der Waals surface area (Å²) < 4.78 is 0. The van der Waals surface area contributed by atoms with Crippen molar-refractivity contribution in [2.45, 2.75) is 19.3 Å². The van der Waals surface area contributed by atoms with Gasteiger partial charge in [-0.1, -0.05) is 36.4 Å². The zero-order valence-corrected chi connectivity index (χ0v) is 14.5. The van der Waals surface area contributed by atoms with Gasteiger partial charge in [0.15, 0.2) is 0 Å². The molecule has 0 aliphatic carbocycles. The second-order valence-corrected chi connectivity index (χ2v) is 6.55. The van der Waals surface area contributed by atoms with Crippen LogP contribution in [0.4, 0.5) is 5.69 Å². The summed E-state index contributed by atoms with van der Waals surface area (Å²) >= 11 is 0. The van der Waals surface area contributed by atoms with Crippen LogP contribution in [0.3, 0.4) is 0 Å². The molecule has 3 rings (SSSR count). The van der Waals surface area contributed by atoms with Crippen molar-refractivity contribution in [3.8, 4) is 0 Å². The average Bonchev–Trinajstić information content (AvgIpc) is 2.67. The molecule has 0 atom stereocenters. The first-order valence-electron chi connectivity index (χ1n) is 8.89. The Balaban J connectivity index is 1.57. The van der Waals surface area contributed by atoms with Gasteiger partial charge in [0, 0.05) is 25.8 Å². The molecule has 130 valence electrons. The molecule has 4 nitrogen and oxygen atoms in total. The molecule has 1 aliphatic rings. The summed E-state index contributed by atoms with van der Waals surface area (Å²) in [5, 5.41) is 2.80. The molecular formula is C21H25N3O. The van der Waals surface area contributed by atoms with Crippen molar-refractivity contribution in [2.75, 3.05) is 24.5 Å². The van der Waals surface area contributed by atoms with E-state index in [-0.39, 0.29) is 5.91 Å². The van der Waals surface area contributed by atoms with Gasteiger partial charge in [0.25, 0.3) is 5.91 Å². The molecule has 1 aromatic heterocycles. The molecule has 1 aromatic carbocycles. The fraction of sp³-hybridized carbons (Fsp3) is 0.333. The number of nitrogens with one attached hydrogen (secondary N) is 1. The highest BCUT2D eigenvalue weighted by Crippen LogP contribution is 2.25. The number of carbonyl (C=O) groups excluding carboxylic acids is 1. The van der Waals surface area contributed by atoms with Gasteiger partial charge in [0.05, 0.1) is 17.4 Å². The van der Waals surface area contributed by atoms with Gasteiger partial charge in [-0.3, -0.25) is 9.78 Å². The largest absolute Gasteiger partial charge is 0.370 e. The van der Waals surface area contributed by atoms with Crippen molar-refractivity contribution in [2.24, 2.45) is 5.92 Å². The van der Waals surface area contributed by atoms with Gasteiger partial charge >= 0.3 is 0 Å². The van der Waals surface area contributed by atoms with Crippen LogP contribution < -0.4 is 10.2 Å². The number of piperidine rings is 1. The van der Waals surface area contributed by atoms with Gasteiger partial charge in [-0.15, -0.1) is 6.58 Å². The Morgan fingerprint density at radius 1 is 1.24 bits per heavy atom. The van der Waals surface area contributed by atoms with Gasteiger partial charge in [0.2, 0.25) is 0 Å². The van der Waals surface area contributed by atoms with Gasteiger partial charge in [-0.25, -0.2) is 0 Å². The van der Waals surface area contributed by atoms with E-state index in [1.165, 1.54) is 18.4 Å². The van der Waals surface area contributed by atoms with Crippen LogP contribution in [0.15, 0.2) is 61.4 Å². The first-order chi connectivity index (χ1) is 12.3. The number of aromatic nitrogens is 1. The van der Waals surface area contributed by atoms with Crippen molar-refractivity contribution in [3.63, 3.8) is 0 Å². The molecule has 0 spiro atoms. The van der Waals surface area contributed by atoms with E-state index in [1.807, 2.05) is 12.3 Å². The van der Waals surface area contributed by atoms with Crippen LogP contribution in [0.1, 0.15) is 28.8 Å². The lowest BCUT2D eigenvalue weighted by molar-refractivity contribution is 0.0957. The summed E-state index contributed by atoms with van der Waals surface area (Å²) in [5.74, 6) is 0.624. The van der Waals surface area contributed by atoms with Crippen LogP contribution in [0.5, 0.6) is 0 Å². The van der Waals surface area contributed by atoms with E-state index in [4.69, 9.17) is 0 Å². The number of anilines is 1. The van der Waals surface area contributed by atoms with E-state index in [9.17, 15) is 4.79 Å². The lowest BCUT2D eigenvalue weighted by Gasteiger charge is -2.33. The van der Waals surface area contributed by atoms with Crippen molar-refractivity contribution in [1.82, 2.24) is 10.3 Å². The number of hydrogen-bond donors (Lipinski definition) is 1. The zero-order valence-electron chi connectivity index (χ0n) is 14.5. The van der Waals surface area contributed by atoms with Crippen molar-refractivity contribution < 1.29 is 4.79 Å². The summed E-state index contributed by atoms with van der Waals surface area (Å²) in [4.78, 5) is 18.7. The topological polar surface area (TPSA) is 45.2 Å². The quantitative estimate of drug-likeness (QED) is 0.822. The van der Waals surface area contributed by atoms with E-state index in [0.29, 0.717) is 12.1 Å². The molecule has 1 amide bonds. The highest BCUT2D eigenvalue weighted by Gasteiger charge is 2.20. The van der Waals surface area contributed by atoms with Crippen LogP contribution in [-0.2, 0) is 6.42 Å². The highest BCUT2D eigenvalue weighted by atomic mass is 16.1. The minimum absolute atomic E-state index is 0.104. The van der Waals surface area contributed by atoms with Crippen molar-refractivity contribution in [1.29, 1.82) is 0 Å². The van der Waals surface area contributed by atoms with Gasteiger partial charge in [-0.05, 0) is 36.8 Å². The summed E-state index contributed by atoms with van der Waals surface area (Å²) in [6, 6.07) is 12.6. The fourth-order valence-corrected chi connectivity index (χ4v) is 3.33. The normalized spacial score (nSPS) is 15.0. The average molecular weight is 335 g/mol.